The number of nitrogens with zero attached hydrogens (tertiary/aromatic N) is 2. The highest BCUT2D eigenvalue weighted by Crippen LogP contribution is 2.52. The molecule has 0 aliphatic carbocycles. The lowest BCUT2D eigenvalue weighted by molar-refractivity contribution is -0.126. The summed E-state index contributed by atoms with van der Waals surface area (Å²) in [6.07, 6.45) is 2.19. The molecule has 0 fully saturated rings. The second-order valence-electron chi connectivity index (χ2n) is 9.30. The Morgan fingerprint density at radius 2 is 1.91 bits per heavy atom. The molecule has 2 amide bonds. The summed E-state index contributed by atoms with van der Waals surface area (Å²) in [5, 5.41) is 0.355. The normalized spacial score (nSPS) is 18.7. The molecule has 0 saturated heterocycles. The van der Waals surface area contributed by atoms with Crippen LogP contribution < -0.4 is 10.3 Å². The van der Waals surface area contributed by atoms with Gasteiger partial charge in [-0.2, -0.15) is 0 Å². The first-order chi connectivity index (χ1) is 16.8. The van der Waals surface area contributed by atoms with E-state index in [9.17, 15) is 14.4 Å². The largest absolute Gasteiger partial charge is 0.450 e. The molecule has 0 unspecified atom stereocenters. The smallest absolute Gasteiger partial charge is 0.291 e. The van der Waals surface area contributed by atoms with Crippen molar-refractivity contribution in [2.24, 2.45) is 0 Å². The van der Waals surface area contributed by atoms with Gasteiger partial charge >= 0.3 is 0 Å². The molecule has 0 N–H and O–H groups in total. The van der Waals surface area contributed by atoms with Gasteiger partial charge in [0.25, 0.3) is 11.8 Å². The number of carbonyl (C=O) groups is 2. The average Bonchev–Trinajstić information content (AvgIpc) is 3.22. The maximum absolute atomic E-state index is 14.3. The minimum atomic E-state index is -1.59. The van der Waals surface area contributed by atoms with Gasteiger partial charge in [-0.05, 0) is 45.4 Å². The van der Waals surface area contributed by atoms with Gasteiger partial charge in [-0.3, -0.25) is 14.4 Å². The predicted octanol–water partition coefficient (Wildman–Crippen LogP) is 4.15. The zero-order valence-electron chi connectivity index (χ0n) is 20.2. The van der Waals surface area contributed by atoms with E-state index in [0.717, 1.165) is 5.56 Å². The number of ether oxygens (including phenoxy) is 1. The summed E-state index contributed by atoms with van der Waals surface area (Å²) in [6, 6.07) is 12.6. The van der Waals surface area contributed by atoms with Crippen molar-refractivity contribution in [3.05, 3.63) is 87.8 Å². The van der Waals surface area contributed by atoms with Crippen LogP contribution in [0.2, 0.25) is 0 Å². The topological polar surface area (TPSA) is 80.1 Å². The third-order valence-corrected chi connectivity index (χ3v) is 6.68. The fourth-order valence-corrected chi connectivity index (χ4v) is 5.26. The Kier molecular flexibility index (Phi) is 5.60. The lowest BCUT2D eigenvalue weighted by Gasteiger charge is -2.34. The quantitative estimate of drug-likeness (QED) is 0.381. The standard InChI is InChI=1S/C28H28N2O5/c1-5-13-29-21-10-7-6-9-20(21)28(27(29)33)23-24(31)19-16-18(4)11-12-22(19)35-25(23)26(32)30(28)14-8-15-34-17(2)3/h5-7,9-12,16-17H,1,8,13-15H2,2-4H3/t28-/m1/s1. The van der Waals surface area contributed by atoms with Crippen molar-refractivity contribution in [1.29, 1.82) is 0 Å². The zero-order valence-corrected chi connectivity index (χ0v) is 20.2. The van der Waals surface area contributed by atoms with E-state index >= 15 is 0 Å². The van der Waals surface area contributed by atoms with Gasteiger partial charge in [0.2, 0.25) is 5.76 Å². The Labute approximate surface area is 203 Å². The summed E-state index contributed by atoms with van der Waals surface area (Å²) < 4.78 is 11.7. The molecule has 0 radical (unpaired) electrons. The number of benzene rings is 2. The van der Waals surface area contributed by atoms with Crippen molar-refractivity contribution in [3.63, 3.8) is 0 Å². The van der Waals surface area contributed by atoms with Crippen LogP contribution in [0.5, 0.6) is 0 Å². The van der Waals surface area contributed by atoms with E-state index in [0.29, 0.717) is 35.2 Å². The van der Waals surface area contributed by atoms with Gasteiger partial charge in [-0.15, -0.1) is 6.58 Å². The van der Waals surface area contributed by atoms with Gasteiger partial charge in [0.1, 0.15) is 5.58 Å². The van der Waals surface area contributed by atoms with Gasteiger partial charge in [0.05, 0.1) is 22.7 Å². The lowest BCUT2D eigenvalue weighted by atomic mass is 9.84. The van der Waals surface area contributed by atoms with E-state index in [4.69, 9.17) is 9.15 Å². The minimum Gasteiger partial charge on any atom is -0.450 e. The third-order valence-electron chi connectivity index (χ3n) is 6.68. The third kappa shape index (κ3) is 3.26. The van der Waals surface area contributed by atoms with Crippen molar-refractivity contribution in [1.82, 2.24) is 4.90 Å². The second-order valence-corrected chi connectivity index (χ2v) is 9.30. The van der Waals surface area contributed by atoms with Crippen LogP contribution in [-0.4, -0.2) is 42.5 Å². The fraction of sp³-hybridized carbons (Fsp3) is 0.321. The maximum Gasteiger partial charge on any atom is 0.291 e. The number of aryl methyl sites for hydroxylation is 1. The number of amides is 2. The first-order valence-corrected chi connectivity index (χ1v) is 11.9. The van der Waals surface area contributed by atoms with E-state index in [1.165, 1.54) is 4.90 Å². The van der Waals surface area contributed by atoms with E-state index in [2.05, 4.69) is 6.58 Å². The van der Waals surface area contributed by atoms with Crippen molar-refractivity contribution in [3.8, 4) is 0 Å². The monoisotopic (exact) mass is 472 g/mol. The number of hydrogen-bond acceptors (Lipinski definition) is 5. The molecule has 3 aromatic rings. The van der Waals surface area contributed by atoms with Crippen LogP contribution in [0, 0.1) is 6.92 Å². The predicted molar refractivity (Wildman–Crippen MR) is 134 cm³/mol. The molecule has 2 aliphatic rings. The zero-order chi connectivity index (χ0) is 24.9. The highest BCUT2D eigenvalue weighted by atomic mass is 16.5. The van der Waals surface area contributed by atoms with Crippen LogP contribution in [0.1, 0.15) is 47.5 Å². The maximum atomic E-state index is 14.3. The highest BCUT2D eigenvalue weighted by Gasteiger charge is 2.64. The van der Waals surface area contributed by atoms with E-state index < -0.39 is 11.4 Å². The van der Waals surface area contributed by atoms with Crippen LogP contribution in [0.25, 0.3) is 11.0 Å². The average molecular weight is 473 g/mol. The van der Waals surface area contributed by atoms with Crippen molar-refractivity contribution in [2.45, 2.75) is 38.8 Å². The van der Waals surface area contributed by atoms with Gasteiger partial charge < -0.3 is 19.0 Å². The SMILES string of the molecule is C=CCN1C(=O)[C@@]2(c3ccccc31)c1c(oc3ccc(C)cc3c1=O)C(=O)N2CCCOC(C)C. The Hall–Kier alpha value is -3.71. The molecular formula is C28H28N2O5. The highest BCUT2D eigenvalue weighted by molar-refractivity contribution is 6.17. The van der Waals surface area contributed by atoms with Crippen molar-refractivity contribution < 1.29 is 18.7 Å². The van der Waals surface area contributed by atoms with Crippen LogP contribution in [0.15, 0.2) is 64.3 Å². The molecule has 2 aromatic carbocycles. The van der Waals surface area contributed by atoms with Crippen LogP contribution in [0.4, 0.5) is 5.69 Å². The first kappa shape index (κ1) is 23.1. The van der Waals surface area contributed by atoms with E-state index in [1.54, 1.807) is 23.1 Å². The minimum absolute atomic E-state index is 0.0455. The Bertz CT molecular complexity index is 1420. The molecule has 1 spiro atoms. The summed E-state index contributed by atoms with van der Waals surface area (Å²) >= 11 is 0. The molecule has 0 saturated carbocycles. The number of rotatable bonds is 7. The summed E-state index contributed by atoms with van der Waals surface area (Å²) in [4.78, 5) is 45.2. The number of para-hydroxylation sites is 1. The Morgan fingerprint density at radius 1 is 1.14 bits per heavy atom. The molecule has 7 nitrogen and oxygen atoms in total. The van der Waals surface area contributed by atoms with Crippen molar-refractivity contribution >= 4 is 28.5 Å². The van der Waals surface area contributed by atoms with Crippen LogP contribution in [0.3, 0.4) is 0 Å². The van der Waals surface area contributed by atoms with Gasteiger partial charge in [-0.25, -0.2) is 0 Å². The molecule has 0 bridgehead atoms. The summed E-state index contributed by atoms with van der Waals surface area (Å²) in [5.74, 6) is -0.887. The summed E-state index contributed by atoms with van der Waals surface area (Å²) in [6.45, 7) is 10.5. The second kappa shape index (κ2) is 8.50. The number of hydrogen-bond donors (Lipinski definition) is 0. The molecule has 35 heavy (non-hydrogen) atoms. The van der Waals surface area contributed by atoms with Crippen LogP contribution >= 0.6 is 0 Å². The number of carbonyl (C=O) groups excluding carboxylic acids is 2. The molecule has 7 heteroatoms. The summed E-state index contributed by atoms with van der Waals surface area (Å²) in [7, 11) is 0. The molecule has 180 valence electrons. The van der Waals surface area contributed by atoms with Crippen LogP contribution in [-0.2, 0) is 15.1 Å². The van der Waals surface area contributed by atoms with E-state index in [-0.39, 0.29) is 41.9 Å². The molecule has 3 heterocycles. The molecular weight excluding hydrogens is 444 g/mol. The van der Waals surface area contributed by atoms with Gasteiger partial charge in [0, 0.05) is 25.3 Å². The Balaban J connectivity index is 1.78. The molecule has 2 aliphatic heterocycles. The van der Waals surface area contributed by atoms with E-state index in [1.807, 2.05) is 51.1 Å². The summed E-state index contributed by atoms with van der Waals surface area (Å²) in [5.41, 5.74) is 0.611. The van der Waals surface area contributed by atoms with Gasteiger partial charge in [-0.1, -0.05) is 35.9 Å². The number of fused-ring (bicyclic) bond motifs is 5. The molecule has 5 rings (SSSR count). The first-order valence-electron chi connectivity index (χ1n) is 11.9. The lowest BCUT2D eigenvalue weighted by Crippen LogP contribution is -2.53. The fourth-order valence-electron chi connectivity index (χ4n) is 5.26. The molecule has 1 atom stereocenters. The number of anilines is 1. The molecule has 1 aromatic heterocycles. The van der Waals surface area contributed by atoms with Crippen molar-refractivity contribution in [2.75, 3.05) is 24.6 Å². The van der Waals surface area contributed by atoms with Gasteiger partial charge in [0.15, 0.2) is 11.0 Å². The Morgan fingerprint density at radius 3 is 2.66 bits per heavy atom.